The largest absolute Gasteiger partial charge is 0.497 e. The lowest BCUT2D eigenvalue weighted by Crippen LogP contribution is -2.48. The van der Waals surface area contributed by atoms with Crippen molar-refractivity contribution < 1.29 is 18.7 Å². The summed E-state index contributed by atoms with van der Waals surface area (Å²) in [4.78, 5) is 14.4. The van der Waals surface area contributed by atoms with Crippen LogP contribution >= 0.6 is 0 Å². The molecule has 0 atom stereocenters. The zero-order chi connectivity index (χ0) is 21.3. The molecule has 0 bridgehead atoms. The first-order valence-corrected chi connectivity index (χ1v) is 10.3. The first kappa shape index (κ1) is 21.9. The number of nitrogens with one attached hydrogen (secondary N) is 2. The lowest BCUT2D eigenvalue weighted by atomic mass is 10.0. The van der Waals surface area contributed by atoms with Gasteiger partial charge in [-0.1, -0.05) is 18.2 Å². The second-order valence-corrected chi connectivity index (χ2v) is 7.52. The summed E-state index contributed by atoms with van der Waals surface area (Å²) in [5.41, 5.74) is 2.08. The Kier molecular flexibility index (Phi) is 7.90. The van der Waals surface area contributed by atoms with Crippen molar-refractivity contribution in [1.29, 1.82) is 0 Å². The van der Waals surface area contributed by atoms with Crippen LogP contribution in [0, 0.1) is 5.82 Å². The number of halogens is 1. The molecule has 0 unspecified atom stereocenters. The molecule has 1 aliphatic rings. The van der Waals surface area contributed by atoms with Gasteiger partial charge in [-0.15, -0.1) is 0 Å². The van der Waals surface area contributed by atoms with Crippen LogP contribution in [0.15, 0.2) is 42.5 Å². The SMILES string of the molecule is COc1ccc(CCNC(=O)NC2CCN(Cc3ccc(OC)c(F)c3)CC2)cc1. The van der Waals surface area contributed by atoms with Crippen LogP contribution in [0.1, 0.15) is 24.0 Å². The number of amides is 2. The second-order valence-electron chi connectivity index (χ2n) is 7.52. The molecule has 1 saturated heterocycles. The van der Waals surface area contributed by atoms with Crippen molar-refractivity contribution in [2.75, 3.05) is 33.9 Å². The van der Waals surface area contributed by atoms with E-state index in [1.165, 1.54) is 13.2 Å². The van der Waals surface area contributed by atoms with E-state index in [-0.39, 0.29) is 23.6 Å². The number of likely N-dealkylation sites (tertiary alicyclic amines) is 1. The lowest BCUT2D eigenvalue weighted by molar-refractivity contribution is 0.186. The molecule has 0 spiro atoms. The molecule has 1 fully saturated rings. The third-order valence-corrected chi connectivity index (χ3v) is 5.40. The summed E-state index contributed by atoms with van der Waals surface area (Å²) in [6, 6.07) is 13.0. The van der Waals surface area contributed by atoms with Gasteiger partial charge in [-0.05, 0) is 54.7 Å². The van der Waals surface area contributed by atoms with Gasteiger partial charge in [0.2, 0.25) is 0 Å². The van der Waals surface area contributed by atoms with Gasteiger partial charge in [0.15, 0.2) is 11.6 Å². The van der Waals surface area contributed by atoms with Gasteiger partial charge >= 0.3 is 6.03 Å². The van der Waals surface area contributed by atoms with Gasteiger partial charge in [0.25, 0.3) is 0 Å². The van der Waals surface area contributed by atoms with E-state index < -0.39 is 0 Å². The Morgan fingerprint density at radius 2 is 1.77 bits per heavy atom. The van der Waals surface area contributed by atoms with E-state index in [0.29, 0.717) is 13.1 Å². The Balaban J connectivity index is 1.34. The molecule has 2 amide bonds. The minimum absolute atomic E-state index is 0.126. The Bertz CT molecular complexity index is 821. The van der Waals surface area contributed by atoms with Crippen molar-refractivity contribution in [2.45, 2.75) is 31.8 Å². The molecule has 2 aromatic rings. The zero-order valence-corrected chi connectivity index (χ0v) is 17.6. The maximum atomic E-state index is 13.9. The number of carbonyl (C=O) groups is 1. The predicted octanol–water partition coefficient (Wildman–Crippen LogP) is 3.35. The number of hydrogen-bond acceptors (Lipinski definition) is 4. The van der Waals surface area contributed by atoms with Crippen LogP contribution in [0.4, 0.5) is 9.18 Å². The Labute approximate surface area is 177 Å². The number of methoxy groups -OCH3 is 2. The van der Waals surface area contributed by atoms with Gasteiger partial charge < -0.3 is 20.1 Å². The van der Waals surface area contributed by atoms with E-state index in [4.69, 9.17) is 9.47 Å². The highest BCUT2D eigenvalue weighted by molar-refractivity contribution is 5.74. The minimum Gasteiger partial charge on any atom is -0.497 e. The fourth-order valence-corrected chi connectivity index (χ4v) is 3.65. The lowest BCUT2D eigenvalue weighted by Gasteiger charge is -2.32. The standard InChI is InChI=1S/C23H30FN3O3/c1-29-20-6-3-17(4-7-20)9-12-25-23(28)26-19-10-13-27(14-11-19)16-18-5-8-22(30-2)21(24)15-18/h3-8,15,19H,9-14,16H2,1-2H3,(H2,25,26,28). The molecule has 1 heterocycles. The van der Waals surface area contributed by atoms with Gasteiger partial charge in [-0.3, -0.25) is 4.90 Å². The van der Waals surface area contributed by atoms with Crippen molar-refractivity contribution in [2.24, 2.45) is 0 Å². The molecule has 2 N–H and O–H groups in total. The van der Waals surface area contributed by atoms with Crippen LogP contribution in [-0.2, 0) is 13.0 Å². The highest BCUT2D eigenvalue weighted by Gasteiger charge is 2.21. The summed E-state index contributed by atoms with van der Waals surface area (Å²) in [5, 5.41) is 5.99. The van der Waals surface area contributed by atoms with Crippen LogP contribution in [-0.4, -0.2) is 50.8 Å². The molecule has 7 heteroatoms. The highest BCUT2D eigenvalue weighted by atomic mass is 19.1. The van der Waals surface area contributed by atoms with Gasteiger partial charge in [-0.25, -0.2) is 9.18 Å². The molecule has 30 heavy (non-hydrogen) atoms. The molecule has 1 aliphatic heterocycles. The molecule has 162 valence electrons. The second kappa shape index (κ2) is 10.8. The molecular formula is C23H30FN3O3. The van der Waals surface area contributed by atoms with E-state index in [1.54, 1.807) is 13.2 Å². The van der Waals surface area contributed by atoms with Crippen molar-refractivity contribution in [3.8, 4) is 11.5 Å². The number of ether oxygens (including phenoxy) is 2. The summed E-state index contributed by atoms with van der Waals surface area (Å²) in [5.74, 6) is 0.755. The topological polar surface area (TPSA) is 62.8 Å². The summed E-state index contributed by atoms with van der Waals surface area (Å²) in [6.45, 7) is 3.01. The third kappa shape index (κ3) is 6.35. The first-order chi connectivity index (χ1) is 14.6. The van der Waals surface area contributed by atoms with Crippen molar-refractivity contribution in [3.63, 3.8) is 0 Å². The number of nitrogens with zero attached hydrogens (tertiary/aromatic N) is 1. The first-order valence-electron chi connectivity index (χ1n) is 10.3. The van der Waals surface area contributed by atoms with Crippen LogP contribution in [0.25, 0.3) is 0 Å². The van der Waals surface area contributed by atoms with Gasteiger partial charge in [0.1, 0.15) is 5.75 Å². The molecule has 2 aromatic carbocycles. The van der Waals surface area contributed by atoms with Gasteiger partial charge in [-0.2, -0.15) is 0 Å². The fourth-order valence-electron chi connectivity index (χ4n) is 3.65. The fraction of sp³-hybridized carbons (Fsp3) is 0.435. The number of urea groups is 1. The summed E-state index contributed by atoms with van der Waals surface area (Å²) in [6.07, 6.45) is 2.53. The zero-order valence-electron chi connectivity index (χ0n) is 17.6. The van der Waals surface area contributed by atoms with E-state index in [2.05, 4.69) is 15.5 Å². The Hall–Kier alpha value is -2.80. The van der Waals surface area contributed by atoms with Crippen LogP contribution in [0.2, 0.25) is 0 Å². The van der Waals surface area contributed by atoms with Crippen molar-refractivity contribution in [1.82, 2.24) is 15.5 Å². The molecule has 6 nitrogen and oxygen atoms in total. The monoisotopic (exact) mass is 415 g/mol. The maximum absolute atomic E-state index is 13.9. The van der Waals surface area contributed by atoms with E-state index in [1.807, 2.05) is 30.3 Å². The summed E-state index contributed by atoms with van der Waals surface area (Å²) >= 11 is 0. The predicted molar refractivity (Wildman–Crippen MR) is 114 cm³/mol. The van der Waals surface area contributed by atoms with Crippen molar-refractivity contribution >= 4 is 6.03 Å². The van der Waals surface area contributed by atoms with Crippen LogP contribution in [0.5, 0.6) is 11.5 Å². The van der Waals surface area contributed by atoms with E-state index >= 15 is 0 Å². The number of carbonyl (C=O) groups excluding carboxylic acids is 1. The van der Waals surface area contributed by atoms with Gasteiger partial charge in [0.05, 0.1) is 14.2 Å². The highest BCUT2D eigenvalue weighted by Crippen LogP contribution is 2.20. The quantitative estimate of drug-likeness (QED) is 0.694. The smallest absolute Gasteiger partial charge is 0.315 e. The minimum atomic E-state index is -0.335. The molecule has 0 radical (unpaired) electrons. The average Bonchev–Trinajstić information content (AvgIpc) is 2.76. The molecule has 0 aliphatic carbocycles. The number of piperidine rings is 1. The maximum Gasteiger partial charge on any atom is 0.315 e. The Morgan fingerprint density at radius 3 is 2.40 bits per heavy atom. The third-order valence-electron chi connectivity index (χ3n) is 5.40. The molecule has 0 aromatic heterocycles. The molecule has 0 saturated carbocycles. The van der Waals surface area contributed by atoms with Gasteiger partial charge in [0, 0.05) is 32.2 Å². The number of rotatable bonds is 8. The van der Waals surface area contributed by atoms with Crippen LogP contribution < -0.4 is 20.1 Å². The van der Waals surface area contributed by atoms with E-state index in [0.717, 1.165) is 49.2 Å². The number of hydrogen-bond donors (Lipinski definition) is 2. The number of benzene rings is 2. The van der Waals surface area contributed by atoms with Crippen LogP contribution in [0.3, 0.4) is 0 Å². The molecular weight excluding hydrogens is 385 g/mol. The average molecular weight is 416 g/mol. The summed E-state index contributed by atoms with van der Waals surface area (Å²) in [7, 11) is 3.11. The normalized spacial score (nSPS) is 14.9. The van der Waals surface area contributed by atoms with Crippen molar-refractivity contribution in [3.05, 3.63) is 59.4 Å². The van der Waals surface area contributed by atoms with E-state index in [9.17, 15) is 9.18 Å². The Morgan fingerprint density at radius 1 is 1.07 bits per heavy atom. The molecule has 3 rings (SSSR count). The summed E-state index contributed by atoms with van der Waals surface area (Å²) < 4.78 is 24.0.